The summed E-state index contributed by atoms with van der Waals surface area (Å²) in [5, 5.41) is 16.9. The van der Waals surface area contributed by atoms with Crippen molar-refractivity contribution in [2.75, 3.05) is 34.0 Å². The Balaban J connectivity index is 1.90. The van der Waals surface area contributed by atoms with Crippen molar-refractivity contribution in [1.29, 1.82) is 0 Å². The van der Waals surface area contributed by atoms with Gasteiger partial charge in [-0.25, -0.2) is 4.68 Å². The van der Waals surface area contributed by atoms with Crippen LogP contribution in [0.3, 0.4) is 0 Å². The molecule has 3 rings (SSSR count). The molecule has 1 aromatic heterocycles. The number of carbonyl (C=O) groups is 1. The Hall–Kier alpha value is -3.18. The highest BCUT2D eigenvalue weighted by molar-refractivity contribution is 6.76. The van der Waals surface area contributed by atoms with E-state index in [-0.39, 0.29) is 19.2 Å². The van der Waals surface area contributed by atoms with E-state index in [2.05, 4.69) is 30.1 Å². The normalized spacial score (nSPS) is 11.4. The van der Waals surface area contributed by atoms with Gasteiger partial charge in [0, 0.05) is 46.4 Å². The van der Waals surface area contributed by atoms with Gasteiger partial charge in [0.2, 0.25) is 0 Å². The maximum Gasteiger partial charge on any atom is 0.273 e. The highest BCUT2D eigenvalue weighted by atomic mass is 28.3. The average molecular weight is 555 g/mol. The Kier molecular flexibility index (Phi) is 11.5. The molecule has 2 N–H and O–H groups in total. The summed E-state index contributed by atoms with van der Waals surface area (Å²) in [4.78, 5) is 16.0. The second-order valence-electron chi connectivity index (χ2n) is 10.6. The van der Waals surface area contributed by atoms with Gasteiger partial charge < -0.3 is 29.5 Å². The number of methoxy groups -OCH3 is 2. The molecule has 212 valence electrons. The number of hydrogen-bond donors (Lipinski definition) is 2. The summed E-state index contributed by atoms with van der Waals surface area (Å²) in [5.74, 6) is 1.38. The number of aliphatic hydroxyl groups excluding tert-OH is 1. The van der Waals surface area contributed by atoms with E-state index in [0.717, 1.165) is 34.2 Å². The number of ether oxygens (including phenoxy) is 3. The van der Waals surface area contributed by atoms with E-state index in [0.29, 0.717) is 38.5 Å². The van der Waals surface area contributed by atoms with Gasteiger partial charge in [0.05, 0.1) is 27.0 Å². The second-order valence-corrected chi connectivity index (χ2v) is 16.2. The molecule has 0 unspecified atom stereocenters. The first kappa shape index (κ1) is 30.4. The lowest BCUT2D eigenvalue weighted by Crippen LogP contribution is -2.33. The fourth-order valence-corrected chi connectivity index (χ4v) is 4.74. The number of rotatable bonds is 16. The smallest absolute Gasteiger partial charge is 0.273 e. The summed E-state index contributed by atoms with van der Waals surface area (Å²) in [6.45, 7) is 9.40. The van der Waals surface area contributed by atoms with Gasteiger partial charge in [-0.15, -0.1) is 0 Å². The Morgan fingerprint density at radius 2 is 1.54 bits per heavy atom. The van der Waals surface area contributed by atoms with Crippen LogP contribution in [-0.4, -0.2) is 67.7 Å². The van der Waals surface area contributed by atoms with E-state index in [1.165, 1.54) is 0 Å². The summed E-state index contributed by atoms with van der Waals surface area (Å²) in [6, 6.07) is 16.5. The molecule has 1 heterocycles. The van der Waals surface area contributed by atoms with Gasteiger partial charge in [-0.05, 0) is 41.4 Å². The lowest BCUT2D eigenvalue weighted by molar-refractivity contribution is 0.0615. The fraction of sp³-hybridized carbons (Fsp3) is 0.448. The topological polar surface area (TPSA) is 98.1 Å². The van der Waals surface area contributed by atoms with Crippen LogP contribution in [0.5, 0.6) is 11.5 Å². The lowest BCUT2D eigenvalue weighted by atomic mass is 10.1. The molecule has 0 spiro atoms. The molecular formula is C29H42N4O5Si. The number of benzene rings is 2. The van der Waals surface area contributed by atoms with Crippen LogP contribution in [0.2, 0.25) is 25.7 Å². The standard InChI is InChI=1S/C29H42N4O5Si/c1-36-26-10-6-23(7-11-26)20-32(21-24-8-12-27(37-2)13-9-24)29(35)28-25(18-30-14-15-34)19-31-33(28)22-38-16-17-39(3,4)5/h6-13,19,30,34H,14-18,20-22H2,1-5H3. The zero-order valence-electron chi connectivity index (χ0n) is 23.8. The van der Waals surface area contributed by atoms with E-state index < -0.39 is 8.07 Å². The number of amides is 1. The number of nitrogens with one attached hydrogen (secondary N) is 1. The number of aromatic nitrogens is 2. The average Bonchev–Trinajstić information content (AvgIpc) is 3.33. The molecule has 10 heteroatoms. The van der Waals surface area contributed by atoms with Gasteiger partial charge in [-0.3, -0.25) is 4.79 Å². The zero-order chi connectivity index (χ0) is 28.3. The maximum atomic E-state index is 14.2. The van der Waals surface area contributed by atoms with E-state index in [4.69, 9.17) is 14.2 Å². The molecule has 0 saturated carbocycles. The predicted molar refractivity (Wildman–Crippen MR) is 155 cm³/mol. The fourth-order valence-electron chi connectivity index (χ4n) is 3.98. The second kappa shape index (κ2) is 14.8. The van der Waals surface area contributed by atoms with Gasteiger partial charge >= 0.3 is 0 Å². The molecule has 0 aliphatic rings. The Bertz CT molecular complexity index is 1110. The van der Waals surface area contributed by atoms with Crippen molar-refractivity contribution in [3.8, 4) is 11.5 Å². The van der Waals surface area contributed by atoms with Crippen molar-refractivity contribution in [1.82, 2.24) is 20.0 Å². The van der Waals surface area contributed by atoms with E-state index in [9.17, 15) is 9.90 Å². The van der Waals surface area contributed by atoms with Crippen molar-refractivity contribution in [2.45, 2.75) is 52.1 Å². The molecule has 0 aliphatic heterocycles. The van der Waals surface area contributed by atoms with Crippen LogP contribution in [0.1, 0.15) is 27.2 Å². The monoisotopic (exact) mass is 554 g/mol. The summed E-state index contributed by atoms with van der Waals surface area (Å²) < 4.78 is 18.2. The van der Waals surface area contributed by atoms with Gasteiger partial charge in [0.25, 0.3) is 5.91 Å². The number of hydrogen-bond acceptors (Lipinski definition) is 7. The third-order valence-electron chi connectivity index (χ3n) is 6.28. The van der Waals surface area contributed by atoms with Gasteiger partial charge in [-0.1, -0.05) is 43.9 Å². The lowest BCUT2D eigenvalue weighted by Gasteiger charge is -2.25. The predicted octanol–water partition coefficient (Wildman–Crippen LogP) is 4.14. The molecule has 9 nitrogen and oxygen atoms in total. The maximum absolute atomic E-state index is 14.2. The van der Waals surface area contributed by atoms with Gasteiger partial charge in [0.1, 0.15) is 23.9 Å². The first-order valence-corrected chi connectivity index (χ1v) is 16.9. The van der Waals surface area contributed by atoms with Crippen LogP contribution in [0.15, 0.2) is 54.7 Å². The Labute approximate surface area is 232 Å². The van der Waals surface area contributed by atoms with Crippen molar-refractivity contribution in [2.24, 2.45) is 0 Å². The molecular weight excluding hydrogens is 512 g/mol. The van der Waals surface area contributed by atoms with E-state index >= 15 is 0 Å². The van der Waals surface area contributed by atoms with Crippen LogP contribution in [0.4, 0.5) is 0 Å². The van der Waals surface area contributed by atoms with Gasteiger partial charge in [-0.2, -0.15) is 5.10 Å². The zero-order valence-corrected chi connectivity index (χ0v) is 24.8. The minimum Gasteiger partial charge on any atom is -0.497 e. The third-order valence-corrected chi connectivity index (χ3v) is 7.99. The summed E-state index contributed by atoms with van der Waals surface area (Å²) in [6.07, 6.45) is 1.71. The van der Waals surface area contributed by atoms with Crippen LogP contribution in [0, 0.1) is 0 Å². The first-order valence-electron chi connectivity index (χ1n) is 13.2. The molecule has 1 amide bonds. The summed E-state index contributed by atoms with van der Waals surface area (Å²) >= 11 is 0. The van der Waals surface area contributed by atoms with Crippen LogP contribution >= 0.6 is 0 Å². The number of nitrogens with zero attached hydrogens (tertiary/aromatic N) is 3. The molecule has 0 saturated heterocycles. The summed E-state index contributed by atoms with van der Waals surface area (Å²) in [5.41, 5.74) is 3.21. The minimum absolute atomic E-state index is 0.0122. The van der Waals surface area contributed by atoms with Crippen LogP contribution < -0.4 is 14.8 Å². The van der Waals surface area contributed by atoms with Crippen LogP contribution in [0.25, 0.3) is 0 Å². The SMILES string of the molecule is COc1ccc(CN(Cc2ccc(OC)cc2)C(=O)c2c(CNCCO)cnn2COCC[Si](C)(C)C)cc1. The molecule has 2 aromatic carbocycles. The summed E-state index contributed by atoms with van der Waals surface area (Å²) in [7, 11) is 2.02. The Morgan fingerprint density at radius 3 is 2.03 bits per heavy atom. The van der Waals surface area contributed by atoms with Crippen molar-refractivity contribution in [3.05, 3.63) is 77.1 Å². The molecule has 0 radical (unpaired) electrons. The van der Waals surface area contributed by atoms with Crippen molar-refractivity contribution >= 4 is 14.0 Å². The Morgan fingerprint density at radius 1 is 0.974 bits per heavy atom. The number of aliphatic hydroxyl groups is 1. The largest absolute Gasteiger partial charge is 0.497 e. The molecule has 0 bridgehead atoms. The van der Waals surface area contributed by atoms with E-state index in [1.54, 1.807) is 25.1 Å². The van der Waals surface area contributed by atoms with Crippen molar-refractivity contribution < 1.29 is 24.1 Å². The molecule has 0 fully saturated rings. The number of carbonyl (C=O) groups excluding carboxylic acids is 1. The molecule has 0 atom stereocenters. The molecule has 0 aliphatic carbocycles. The highest BCUT2D eigenvalue weighted by Crippen LogP contribution is 2.21. The first-order chi connectivity index (χ1) is 18.7. The molecule has 39 heavy (non-hydrogen) atoms. The minimum atomic E-state index is -1.25. The molecule has 3 aromatic rings. The van der Waals surface area contributed by atoms with Crippen LogP contribution in [-0.2, 0) is 31.1 Å². The highest BCUT2D eigenvalue weighted by Gasteiger charge is 2.25. The third kappa shape index (κ3) is 9.50. The van der Waals surface area contributed by atoms with Gasteiger partial charge in [0.15, 0.2) is 0 Å². The van der Waals surface area contributed by atoms with Crippen molar-refractivity contribution in [3.63, 3.8) is 0 Å². The quantitative estimate of drug-likeness (QED) is 0.203. The van der Waals surface area contributed by atoms with E-state index in [1.807, 2.05) is 53.4 Å².